The molecule has 0 spiro atoms. The molecule has 4 bridgehead atoms. The maximum atomic E-state index is 14.5. The topological polar surface area (TPSA) is 152 Å². The molecule has 13 heteroatoms. The van der Waals surface area contributed by atoms with E-state index in [-0.39, 0.29) is 54.6 Å². The Morgan fingerprint density at radius 1 is 1.14 bits per heavy atom. The first kappa shape index (κ1) is 28.6. The molecule has 2 aliphatic heterocycles. The molecule has 3 N–H and O–H groups in total. The Labute approximate surface area is 240 Å². The molecule has 0 radical (unpaired) electrons. The lowest BCUT2D eigenvalue weighted by molar-refractivity contribution is -0.135. The van der Waals surface area contributed by atoms with Crippen LogP contribution in [-0.4, -0.2) is 71.8 Å². The van der Waals surface area contributed by atoms with Crippen LogP contribution in [-0.2, 0) is 22.6 Å². The first-order valence-electron chi connectivity index (χ1n) is 13.4. The van der Waals surface area contributed by atoms with Crippen LogP contribution >= 0.6 is 0 Å². The summed E-state index contributed by atoms with van der Waals surface area (Å²) in [6.07, 6.45) is 0.283. The van der Waals surface area contributed by atoms with Gasteiger partial charge in [-0.15, -0.1) is 0 Å². The van der Waals surface area contributed by atoms with Crippen molar-refractivity contribution in [2.45, 2.75) is 38.0 Å². The average Bonchev–Trinajstić information content (AvgIpc) is 2.98. The second-order valence-corrected chi connectivity index (χ2v) is 10.0. The number of methoxy groups -OCH3 is 1. The maximum Gasteiger partial charge on any atom is 0.264 e. The number of nitrogens with one attached hydrogen (secondary N) is 3. The second kappa shape index (κ2) is 12.7. The van der Waals surface area contributed by atoms with E-state index in [2.05, 4.69) is 20.8 Å². The largest absolute Gasteiger partial charge is 0.493 e. The van der Waals surface area contributed by atoms with E-state index in [1.807, 2.05) is 0 Å². The zero-order valence-corrected chi connectivity index (χ0v) is 22.9. The van der Waals surface area contributed by atoms with E-state index >= 15 is 0 Å². The van der Waals surface area contributed by atoms with Crippen molar-refractivity contribution < 1.29 is 33.0 Å². The molecular weight excluding hydrogens is 549 g/mol. The van der Waals surface area contributed by atoms with Crippen LogP contribution in [0.15, 0.2) is 53.3 Å². The molecule has 2 atom stereocenters. The third-order valence-corrected chi connectivity index (χ3v) is 7.04. The van der Waals surface area contributed by atoms with Crippen molar-refractivity contribution >= 4 is 17.7 Å². The highest BCUT2D eigenvalue weighted by Gasteiger charge is 2.34. The number of carbonyl (C=O) groups is 3. The van der Waals surface area contributed by atoms with Crippen LogP contribution in [0.25, 0.3) is 0 Å². The molecule has 1 saturated heterocycles. The van der Waals surface area contributed by atoms with Gasteiger partial charge in [0.2, 0.25) is 5.91 Å². The zero-order chi connectivity index (χ0) is 29.6. The number of amides is 3. The van der Waals surface area contributed by atoms with E-state index in [0.29, 0.717) is 36.4 Å². The molecule has 1 aromatic heterocycles. The lowest BCUT2D eigenvalue weighted by Gasteiger charge is -2.39. The quantitative estimate of drug-likeness (QED) is 0.419. The summed E-state index contributed by atoms with van der Waals surface area (Å²) in [6, 6.07) is 11.0. The summed E-state index contributed by atoms with van der Waals surface area (Å²) in [7, 11) is 1.44. The van der Waals surface area contributed by atoms with Crippen LogP contribution < -0.4 is 30.4 Å². The highest BCUT2D eigenvalue weighted by molar-refractivity contribution is 5.95. The van der Waals surface area contributed by atoms with Crippen molar-refractivity contribution in [3.8, 4) is 17.2 Å². The van der Waals surface area contributed by atoms with Gasteiger partial charge in [-0.3, -0.25) is 19.2 Å². The Morgan fingerprint density at radius 3 is 2.79 bits per heavy atom. The van der Waals surface area contributed by atoms with E-state index in [1.165, 1.54) is 31.4 Å². The standard InChI is InChI=1S/C29H30FN5O7/c1-40-24-5-2-18-12-25(24)41-16-27(37)32-22-15-35(28(38)7-4-20-3-6-26(36)34-33-20)9-8-23(22)42-21-11-17(10-19(30)13-21)14-31-29(18)39/h2-3,5-6,10-13,22-23H,4,7-9,14-16H2,1H3,(H,31,39)(H,32,37)(H,34,36)/t22-,23+/m1/s1. The minimum Gasteiger partial charge on any atom is -0.493 e. The number of nitrogens with zero attached hydrogens (tertiary/aromatic N) is 2. The Hall–Kier alpha value is -4.94. The SMILES string of the molecule is COc1ccc2cc1OCC(=O)N[C@@H]1CN(C(=O)CCc3ccc(=O)[nH]n3)CC[C@@H]1Oc1cc(F)cc(c1)CNC2=O. The normalized spacial score (nSPS) is 19.0. The first-order valence-corrected chi connectivity index (χ1v) is 13.4. The molecule has 3 aromatic rings. The number of ether oxygens (including phenoxy) is 3. The Kier molecular flexibility index (Phi) is 8.65. The van der Waals surface area contributed by atoms with Crippen LogP contribution in [0, 0.1) is 5.82 Å². The van der Waals surface area contributed by atoms with E-state index in [0.717, 1.165) is 0 Å². The van der Waals surface area contributed by atoms with Crippen LogP contribution in [0.4, 0.5) is 4.39 Å². The third-order valence-electron chi connectivity index (χ3n) is 7.04. The Morgan fingerprint density at radius 2 is 2.00 bits per heavy atom. The fraction of sp³-hybridized carbons (Fsp3) is 0.345. The molecule has 220 valence electrons. The van der Waals surface area contributed by atoms with Gasteiger partial charge in [0.1, 0.15) is 17.7 Å². The number of hydrogen-bond acceptors (Lipinski definition) is 8. The van der Waals surface area contributed by atoms with Gasteiger partial charge in [0.15, 0.2) is 18.1 Å². The number of halogens is 1. The number of piperidine rings is 1. The number of fused-ring (bicyclic) bond motifs is 5. The molecule has 42 heavy (non-hydrogen) atoms. The van der Waals surface area contributed by atoms with Crippen molar-refractivity contribution in [2.24, 2.45) is 0 Å². The Balaban J connectivity index is 1.36. The number of likely N-dealkylation sites (tertiary alicyclic amines) is 1. The number of benzene rings is 2. The van der Waals surface area contributed by atoms with Gasteiger partial charge in [0.05, 0.1) is 18.8 Å². The second-order valence-electron chi connectivity index (χ2n) is 10.0. The first-order chi connectivity index (χ1) is 20.3. The molecular formula is C29H30FN5O7. The number of rotatable bonds is 4. The molecule has 2 aliphatic rings. The lowest BCUT2D eigenvalue weighted by Crippen LogP contribution is -2.58. The van der Waals surface area contributed by atoms with Crippen LogP contribution in [0.5, 0.6) is 17.2 Å². The predicted octanol–water partition coefficient (Wildman–Crippen LogP) is 1.34. The van der Waals surface area contributed by atoms with Gasteiger partial charge >= 0.3 is 0 Å². The summed E-state index contributed by atoms with van der Waals surface area (Å²) in [4.78, 5) is 51.7. The van der Waals surface area contributed by atoms with Gasteiger partial charge in [0, 0.05) is 56.6 Å². The van der Waals surface area contributed by atoms with Gasteiger partial charge in [0.25, 0.3) is 17.4 Å². The fourth-order valence-corrected chi connectivity index (χ4v) is 4.91. The van der Waals surface area contributed by atoms with Gasteiger partial charge < -0.3 is 29.7 Å². The summed E-state index contributed by atoms with van der Waals surface area (Å²) < 4.78 is 31.7. The van der Waals surface area contributed by atoms with Crippen molar-refractivity contribution in [1.29, 1.82) is 0 Å². The third kappa shape index (κ3) is 7.03. The van der Waals surface area contributed by atoms with Gasteiger partial charge in [-0.25, -0.2) is 9.49 Å². The van der Waals surface area contributed by atoms with E-state index in [1.54, 1.807) is 29.2 Å². The summed E-state index contributed by atoms with van der Waals surface area (Å²) >= 11 is 0. The summed E-state index contributed by atoms with van der Waals surface area (Å²) in [5.74, 6) is -0.815. The maximum absolute atomic E-state index is 14.5. The van der Waals surface area contributed by atoms with Crippen LogP contribution in [0.3, 0.4) is 0 Å². The number of H-pyrrole nitrogens is 1. The summed E-state index contributed by atoms with van der Waals surface area (Å²) in [6.45, 7) is 0.173. The number of aromatic nitrogens is 2. The molecule has 0 unspecified atom stereocenters. The molecule has 2 aromatic carbocycles. The fourth-order valence-electron chi connectivity index (χ4n) is 4.91. The van der Waals surface area contributed by atoms with Crippen molar-refractivity contribution in [1.82, 2.24) is 25.7 Å². The van der Waals surface area contributed by atoms with Gasteiger partial charge in [-0.1, -0.05) is 0 Å². The number of aromatic amines is 1. The molecule has 0 saturated carbocycles. The minimum atomic E-state index is -0.627. The molecule has 5 rings (SSSR count). The van der Waals surface area contributed by atoms with Crippen LogP contribution in [0.2, 0.25) is 0 Å². The monoisotopic (exact) mass is 579 g/mol. The van der Waals surface area contributed by atoms with Crippen molar-refractivity contribution in [3.63, 3.8) is 0 Å². The minimum absolute atomic E-state index is 0.0481. The molecule has 12 nitrogen and oxygen atoms in total. The molecule has 3 heterocycles. The molecule has 1 fully saturated rings. The molecule has 3 amide bonds. The summed E-state index contributed by atoms with van der Waals surface area (Å²) in [5.41, 5.74) is 1.01. The lowest BCUT2D eigenvalue weighted by atomic mass is 10.0. The van der Waals surface area contributed by atoms with E-state index < -0.39 is 29.8 Å². The smallest absolute Gasteiger partial charge is 0.264 e. The Bertz CT molecular complexity index is 1520. The molecule has 0 aliphatic carbocycles. The number of hydrogen-bond donors (Lipinski definition) is 3. The van der Waals surface area contributed by atoms with E-state index in [9.17, 15) is 23.6 Å². The van der Waals surface area contributed by atoms with Crippen molar-refractivity contribution in [2.75, 3.05) is 26.8 Å². The van der Waals surface area contributed by atoms with Gasteiger partial charge in [-0.2, -0.15) is 5.10 Å². The summed E-state index contributed by atoms with van der Waals surface area (Å²) in [5, 5.41) is 11.9. The zero-order valence-electron chi connectivity index (χ0n) is 22.9. The number of aryl methyl sites for hydroxylation is 1. The number of carbonyl (C=O) groups excluding carboxylic acids is 3. The van der Waals surface area contributed by atoms with Gasteiger partial charge in [-0.05, 0) is 42.0 Å². The van der Waals surface area contributed by atoms with E-state index in [4.69, 9.17) is 14.2 Å². The average molecular weight is 580 g/mol. The highest BCUT2D eigenvalue weighted by Crippen LogP contribution is 2.29. The van der Waals surface area contributed by atoms with Crippen LogP contribution in [0.1, 0.15) is 34.5 Å². The predicted molar refractivity (Wildman–Crippen MR) is 147 cm³/mol. The highest BCUT2D eigenvalue weighted by atomic mass is 19.1. The van der Waals surface area contributed by atoms with Crippen molar-refractivity contribution in [3.05, 3.63) is 81.5 Å².